The lowest BCUT2D eigenvalue weighted by atomic mass is 10.1. The molecule has 1 saturated heterocycles. The molecule has 0 spiro atoms. The van der Waals surface area contributed by atoms with Crippen LogP contribution in [0.5, 0.6) is 0 Å². The Morgan fingerprint density at radius 1 is 1.17 bits per heavy atom. The molecule has 30 heavy (non-hydrogen) atoms. The van der Waals surface area contributed by atoms with Gasteiger partial charge in [0.05, 0.1) is 17.3 Å². The standard InChI is InChI=1S/C22H23N5O3/c1-16(17-4-7-19(8-5-17)26-13-10-23-15-26)24-22(28)18-6-9-20(21(14-18)27(29)30)25-11-2-3-12-25/h4-10,13-16H,2-3,11-12H2,1H3,(H,24,28). The molecular formula is C22H23N5O3. The van der Waals surface area contributed by atoms with Crippen LogP contribution in [0.15, 0.2) is 61.2 Å². The smallest absolute Gasteiger partial charge is 0.293 e. The first kappa shape index (κ1) is 19.6. The van der Waals surface area contributed by atoms with Crippen LogP contribution in [-0.2, 0) is 0 Å². The number of hydrogen-bond acceptors (Lipinski definition) is 5. The Balaban J connectivity index is 1.49. The molecule has 2 heterocycles. The lowest BCUT2D eigenvalue weighted by Crippen LogP contribution is -2.27. The van der Waals surface area contributed by atoms with E-state index in [1.807, 2.05) is 46.9 Å². The number of imidazole rings is 1. The Labute approximate surface area is 174 Å². The summed E-state index contributed by atoms with van der Waals surface area (Å²) in [5.41, 5.74) is 2.75. The van der Waals surface area contributed by atoms with Gasteiger partial charge in [-0.2, -0.15) is 0 Å². The summed E-state index contributed by atoms with van der Waals surface area (Å²) in [4.78, 5) is 29.9. The fourth-order valence-electron chi connectivity index (χ4n) is 3.75. The third-order valence-corrected chi connectivity index (χ3v) is 5.42. The van der Waals surface area contributed by atoms with E-state index in [4.69, 9.17) is 0 Å². The number of anilines is 1. The summed E-state index contributed by atoms with van der Waals surface area (Å²) in [5, 5.41) is 14.5. The molecular weight excluding hydrogens is 382 g/mol. The monoisotopic (exact) mass is 405 g/mol. The highest BCUT2D eigenvalue weighted by molar-refractivity contribution is 5.96. The molecule has 1 aliphatic heterocycles. The van der Waals surface area contributed by atoms with E-state index >= 15 is 0 Å². The van der Waals surface area contributed by atoms with Gasteiger partial charge in [0, 0.05) is 42.8 Å². The Morgan fingerprint density at radius 2 is 1.90 bits per heavy atom. The largest absolute Gasteiger partial charge is 0.366 e. The van der Waals surface area contributed by atoms with Crippen LogP contribution in [0, 0.1) is 10.1 Å². The van der Waals surface area contributed by atoms with Gasteiger partial charge >= 0.3 is 0 Å². The molecule has 0 aliphatic carbocycles. The van der Waals surface area contributed by atoms with Crippen LogP contribution in [-0.4, -0.2) is 33.5 Å². The predicted octanol–water partition coefficient (Wildman–Crippen LogP) is 3.87. The predicted molar refractivity (Wildman–Crippen MR) is 114 cm³/mol. The molecule has 1 fully saturated rings. The molecule has 8 nitrogen and oxygen atoms in total. The number of carbonyl (C=O) groups is 1. The fourth-order valence-corrected chi connectivity index (χ4v) is 3.75. The maximum absolute atomic E-state index is 12.7. The molecule has 0 saturated carbocycles. The number of rotatable bonds is 6. The summed E-state index contributed by atoms with van der Waals surface area (Å²) in [6, 6.07) is 12.3. The van der Waals surface area contributed by atoms with Crippen molar-refractivity contribution in [2.45, 2.75) is 25.8 Å². The number of benzene rings is 2. The van der Waals surface area contributed by atoms with Gasteiger partial charge in [0.1, 0.15) is 5.69 Å². The van der Waals surface area contributed by atoms with Crippen molar-refractivity contribution in [3.05, 3.63) is 82.4 Å². The summed E-state index contributed by atoms with van der Waals surface area (Å²) in [5.74, 6) is -0.336. The number of hydrogen-bond donors (Lipinski definition) is 1. The van der Waals surface area contributed by atoms with E-state index in [0.717, 1.165) is 37.2 Å². The Hall–Kier alpha value is -3.68. The molecule has 154 valence electrons. The van der Waals surface area contributed by atoms with Gasteiger partial charge in [-0.3, -0.25) is 14.9 Å². The van der Waals surface area contributed by atoms with Crippen molar-refractivity contribution in [3.63, 3.8) is 0 Å². The fraction of sp³-hybridized carbons (Fsp3) is 0.273. The highest BCUT2D eigenvalue weighted by Gasteiger charge is 2.24. The SMILES string of the molecule is CC(NC(=O)c1ccc(N2CCCC2)c([N+](=O)[O-])c1)c1ccc(-n2ccnc2)cc1. The van der Waals surface area contributed by atoms with Crippen molar-refractivity contribution in [1.29, 1.82) is 0 Å². The lowest BCUT2D eigenvalue weighted by molar-refractivity contribution is -0.384. The molecule has 4 rings (SSSR count). The number of nitrogens with zero attached hydrogens (tertiary/aromatic N) is 4. The van der Waals surface area contributed by atoms with E-state index in [0.29, 0.717) is 5.69 Å². The second-order valence-corrected chi connectivity index (χ2v) is 7.41. The molecule has 1 aliphatic rings. The quantitative estimate of drug-likeness (QED) is 0.496. The van der Waals surface area contributed by atoms with Gasteiger partial charge in [-0.25, -0.2) is 4.98 Å². The van der Waals surface area contributed by atoms with Gasteiger partial charge in [-0.05, 0) is 49.6 Å². The maximum Gasteiger partial charge on any atom is 0.293 e. The number of aromatic nitrogens is 2. The molecule has 0 bridgehead atoms. The van der Waals surface area contributed by atoms with Crippen molar-refractivity contribution >= 4 is 17.3 Å². The number of amides is 1. The first-order valence-corrected chi connectivity index (χ1v) is 9.95. The van der Waals surface area contributed by atoms with Crippen LogP contribution in [0.2, 0.25) is 0 Å². The minimum atomic E-state index is -0.414. The zero-order valence-electron chi connectivity index (χ0n) is 16.7. The summed E-state index contributed by atoms with van der Waals surface area (Å²) < 4.78 is 1.90. The average molecular weight is 405 g/mol. The summed E-state index contributed by atoms with van der Waals surface area (Å²) in [6.45, 7) is 3.49. The van der Waals surface area contributed by atoms with Crippen molar-refractivity contribution in [1.82, 2.24) is 14.9 Å². The first-order valence-electron chi connectivity index (χ1n) is 9.95. The topological polar surface area (TPSA) is 93.3 Å². The second kappa shape index (κ2) is 8.36. The Morgan fingerprint density at radius 3 is 2.53 bits per heavy atom. The zero-order valence-corrected chi connectivity index (χ0v) is 16.7. The van der Waals surface area contributed by atoms with Gasteiger partial charge in [0.15, 0.2) is 0 Å². The number of carbonyl (C=O) groups excluding carboxylic acids is 1. The van der Waals surface area contributed by atoms with Crippen LogP contribution in [0.1, 0.15) is 41.7 Å². The van der Waals surface area contributed by atoms with E-state index in [2.05, 4.69) is 10.3 Å². The van der Waals surface area contributed by atoms with E-state index in [1.165, 1.54) is 6.07 Å². The summed E-state index contributed by atoms with van der Waals surface area (Å²) in [6.07, 6.45) is 7.34. The first-order chi connectivity index (χ1) is 14.5. The Bertz CT molecular complexity index is 1040. The van der Waals surface area contributed by atoms with E-state index in [-0.39, 0.29) is 23.2 Å². The van der Waals surface area contributed by atoms with Crippen LogP contribution in [0.3, 0.4) is 0 Å². The molecule has 1 N–H and O–H groups in total. The molecule has 1 atom stereocenters. The summed E-state index contributed by atoms with van der Waals surface area (Å²) in [7, 11) is 0. The zero-order chi connectivity index (χ0) is 21.1. The van der Waals surface area contributed by atoms with E-state index < -0.39 is 4.92 Å². The second-order valence-electron chi connectivity index (χ2n) is 7.41. The van der Waals surface area contributed by atoms with Crippen LogP contribution in [0.25, 0.3) is 5.69 Å². The van der Waals surface area contributed by atoms with Crippen LogP contribution < -0.4 is 10.2 Å². The lowest BCUT2D eigenvalue weighted by Gasteiger charge is -2.18. The van der Waals surface area contributed by atoms with E-state index in [9.17, 15) is 14.9 Å². The van der Waals surface area contributed by atoms with Crippen molar-refractivity contribution in [2.24, 2.45) is 0 Å². The number of nitro benzene ring substituents is 1. The molecule has 8 heteroatoms. The van der Waals surface area contributed by atoms with Crippen molar-refractivity contribution in [2.75, 3.05) is 18.0 Å². The van der Waals surface area contributed by atoms with Gasteiger partial charge < -0.3 is 14.8 Å². The van der Waals surface area contributed by atoms with Crippen molar-refractivity contribution < 1.29 is 9.72 Å². The molecule has 2 aromatic carbocycles. The van der Waals surface area contributed by atoms with Gasteiger partial charge in [-0.1, -0.05) is 12.1 Å². The van der Waals surface area contributed by atoms with E-state index in [1.54, 1.807) is 24.7 Å². The highest BCUT2D eigenvalue weighted by Crippen LogP contribution is 2.31. The summed E-state index contributed by atoms with van der Waals surface area (Å²) >= 11 is 0. The minimum Gasteiger partial charge on any atom is -0.366 e. The number of nitro groups is 1. The Kier molecular flexibility index (Phi) is 5.47. The molecule has 1 unspecified atom stereocenters. The van der Waals surface area contributed by atoms with Crippen LogP contribution >= 0.6 is 0 Å². The highest BCUT2D eigenvalue weighted by atomic mass is 16.6. The third kappa shape index (κ3) is 4.03. The minimum absolute atomic E-state index is 0.0260. The molecule has 0 radical (unpaired) electrons. The number of nitrogens with one attached hydrogen (secondary N) is 1. The van der Waals surface area contributed by atoms with Gasteiger partial charge in [0.25, 0.3) is 11.6 Å². The maximum atomic E-state index is 12.7. The molecule has 1 amide bonds. The van der Waals surface area contributed by atoms with Gasteiger partial charge in [-0.15, -0.1) is 0 Å². The third-order valence-electron chi connectivity index (χ3n) is 5.42. The van der Waals surface area contributed by atoms with Gasteiger partial charge in [0.2, 0.25) is 0 Å². The normalized spacial score (nSPS) is 14.5. The molecule has 1 aromatic heterocycles. The van der Waals surface area contributed by atoms with Crippen LogP contribution in [0.4, 0.5) is 11.4 Å². The molecule has 3 aromatic rings. The average Bonchev–Trinajstić information content (AvgIpc) is 3.47. The van der Waals surface area contributed by atoms with Crippen molar-refractivity contribution in [3.8, 4) is 5.69 Å².